The number of carbonyl (C=O) groups is 2. The number of para-hydroxylation sites is 1. The monoisotopic (exact) mass is 348 g/mol. The molecule has 5 nitrogen and oxygen atoms in total. The van der Waals surface area contributed by atoms with E-state index in [1.54, 1.807) is 17.0 Å². The number of nitrogens with one attached hydrogen (secondary N) is 1. The van der Waals surface area contributed by atoms with Crippen molar-refractivity contribution in [3.63, 3.8) is 0 Å². The first-order valence-corrected chi connectivity index (χ1v) is 8.45. The molecule has 3 aromatic rings. The van der Waals surface area contributed by atoms with Gasteiger partial charge in [0, 0.05) is 18.7 Å². The predicted octanol–water partition coefficient (Wildman–Crippen LogP) is 3.63. The molecule has 26 heavy (non-hydrogen) atoms. The van der Waals surface area contributed by atoms with E-state index in [9.17, 15) is 9.59 Å². The van der Waals surface area contributed by atoms with Crippen molar-refractivity contribution in [3.8, 4) is 0 Å². The van der Waals surface area contributed by atoms with Crippen molar-refractivity contribution in [1.29, 1.82) is 0 Å². The molecule has 0 atom stereocenters. The Morgan fingerprint density at radius 1 is 0.885 bits per heavy atom. The van der Waals surface area contributed by atoms with Gasteiger partial charge >= 0.3 is 0 Å². The minimum atomic E-state index is -0.322. The summed E-state index contributed by atoms with van der Waals surface area (Å²) in [6, 6.07) is 22.6. The van der Waals surface area contributed by atoms with Gasteiger partial charge in [0.1, 0.15) is 0 Å². The van der Waals surface area contributed by atoms with Gasteiger partial charge in [-0.15, -0.1) is 0 Å². The van der Waals surface area contributed by atoms with E-state index in [-0.39, 0.29) is 30.5 Å². The number of furan rings is 1. The van der Waals surface area contributed by atoms with Crippen LogP contribution in [0.4, 0.5) is 5.69 Å². The van der Waals surface area contributed by atoms with Gasteiger partial charge in [0.25, 0.3) is 5.91 Å². The molecule has 132 valence electrons. The molecule has 0 saturated heterocycles. The summed E-state index contributed by atoms with van der Waals surface area (Å²) in [7, 11) is 0. The third kappa shape index (κ3) is 4.60. The molecular weight excluding hydrogens is 328 g/mol. The summed E-state index contributed by atoms with van der Waals surface area (Å²) < 4.78 is 5.04. The van der Waals surface area contributed by atoms with Crippen LogP contribution in [0.15, 0.2) is 83.5 Å². The van der Waals surface area contributed by atoms with Crippen molar-refractivity contribution in [1.82, 2.24) is 5.32 Å². The number of anilines is 1. The Morgan fingerprint density at radius 2 is 1.58 bits per heavy atom. The molecule has 3 rings (SSSR count). The molecule has 0 saturated carbocycles. The molecule has 0 aliphatic carbocycles. The van der Waals surface area contributed by atoms with Crippen molar-refractivity contribution < 1.29 is 14.0 Å². The maximum absolute atomic E-state index is 12.8. The zero-order valence-electron chi connectivity index (χ0n) is 14.3. The Hall–Kier alpha value is -3.34. The van der Waals surface area contributed by atoms with Gasteiger partial charge in [0.2, 0.25) is 5.91 Å². The van der Waals surface area contributed by atoms with Crippen molar-refractivity contribution in [2.75, 3.05) is 11.4 Å². The molecule has 2 amide bonds. The average Bonchev–Trinajstić information content (AvgIpc) is 3.22. The van der Waals surface area contributed by atoms with Crippen molar-refractivity contribution in [3.05, 3.63) is 90.4 Å². The van der Waals surface area contributed by atoms with Crippen LogP contribution in [0, 0.1) is 0 Å². The van der Waals surface area contributed by atoms with Gasteiger partial charge in [-0.05, 0) is 29.8 Å². The summed E-state index contributed by atoms with van der Waals surface area (Å²) in [5.41, 5.74) is 1.88. The Labute approximate surface area is 152 Å². The van der Waals surface area contributed by atoms with E-state index in [4.69, 9.17) is 4.42 Å². The Morgan fingerprint density at radius 3 is 2.23 bits per heavy atom. The maximum atomic E-state index is 12.8. The first kappa shape index (κ1) is 17.5. The first-order chi connectivity index (χ1) is 12.7. The zero-order chi connectivity index (χ0) is 18.2. The first-order valence-electron chi connectivity index (χ1n) is 8.45. The third-order valence-electron chi connectivity index (χ3n) is 3.92. The summed E-state index contributed by atoms with van der Waals surface area (Å²) in [6.07, 6.45) is 1.64. The van der Waals surface area contributed by atoms with E-state index < -0.39 is 0 Å². The van der Waals surface area contributed by atoms with E-state index >= 15 is 0 Å². The van der Waals surface area contributed by atoms with Crippen LogP contribution in [0.1, 0.15) is 22.5 Å². The van der Waals surface area contributed by atoms with Crippen molar-refractivity contribution >= 4 is 17.5 Å². The molecule has 0 aliphatic heterocycles. The molecule has 0 fully saturated rings. The maximum Gasteiger partial charge on any atom is 0.286 e. The molecule has 0 bridgehead atoms. The highest BCUT2D eigenvalue weighted by Crippen LogP contribution is 2.18. The normalized spacial score (nSPS) is 10.3. The zero-order valence-corrected chi connectivity index (χ0v) is 14.3. The highest BCUT2D eigenvalue weighted by atomic mass is 16.3. The van der Waals surface area contributed by atoms with Gasteiger partial charge in [-0.3, -0.25) is 9.59 Å². The summed E-state index contributed by atoms with van der Waals surface area (Å²) in [5, 5.41) is 2.71. The molecule has 0 aliphatic rings. The van der Waals surface area contributed by atoms with Crippen LogP contribution < -0.4 is 10.2 Å². The van der Waals surface area contributed by atoms with E-state index in [0.29, 0.717) is 6.54 Å². The summed E-state index contributed by atoms with van der Waals surface area (Å²) in [6.45, 7) is 0.728. The fraction of sp³-hybridized carbons (Fsp3) is 0.143. The molecule has 0 radical (unpaired) electrons. The van der Waals surface area contributed by atoms with Gasteiger partial charge in [-0.1, -0.05) is 48.5 Å². The number of rotatable bonds is 7. The van der Waals surface area contributed by atoms with Crippen LogP contribution in [-0.2, 0) is 11.3 Å². The average molecular weight is 348 g/mol. The van der Waals surface area contributed by atoms with E-state index in [1.165, 1.54) is 6.26 Å². The fourth-order valence-corrected chi connectivity index (χ4v) is 2.61. The smallest absolute Gasteiger partial charge is 0.286 e. The number of hydrogen-bond acceptors (Lipinski definition) is 3. The second-order valence-electron chi connectivity index (χ2n) is 5.78. The SMILES string of the molecule is O=C(NCCC(=O)N(Cc1ccccc1)c1ccccc1)c1ccco1. The Balaban J connectivity index is 1.64. The highest BCUT2D eigenvalue weighted by Gasteiger charge is 2.16. The summed E-state index contributed by atoms with van der Waals surface area (Å²) >= 11 is 0. The second kappa shape index (κ2) is 8.67. The molecule has 0 spiro atoms. The van der Waals surface area contributed by atoms with E-state index in [2.05, 4.69) is 5.32 Å². The molecular formula is C21H20N2O3. The second-order valence-corrected chi connectivity index (χ2v) is 5.78. The standard InChI is InChI=1S/C21H20N2O3/c24-20(13-14-22-21(25)19-12-7-15-26-19)23(18-10-5-2-6-11-18)16-17-8-3-1-4-9-17/h1-12,15H,13-14,16H2,(H,22,25). The molecule has 5 heteroatoms. The minimum Gasteiger partial charge on any atom is -0.459 e. The quantitative estimate of drug-likeness (QED) is 0.709. The lowest BCUT2D eigenvalue weighted by atomic mass is 10.2. The Bertz CT molecular complexity index is 830. The molecule has 2 aromatic carbocycles. The van der Waals surface area contributed by atoms with Crippen molar-refractivity contribution in [2.45, 2.75) is 13.0 Å². The lowest BCUT2D eigenvalue weighted by Gasteiger charge is -2.23. The van der Waals surface area contributed by atoms with Crippen LogP contribution in [0.25, 0.3) is 0 Å². The molecule has 1 heterocycles. The van der Waals surface area contributed by atoms with Gasteiger partial charge in [0.05, 0.1) is 12.8 Å². The molecule has 0 unspecified atom stereocenters. The molecule has 1 aromatic heterocycles. The largest absolute Gasteiger partial charge is 0.459 e. The lowest BCUT2D eigenvalue weighted by Crippen LogP contribution is -2.34. The van der Waals surface area contributed by atoms with Crippen LogP contribution in [0.3, 0.4) is 0 Å². The topological polar surface area (TPSA) is 62.6 Å². The summed E-state index contributed by atoms with van der Waals surface area (Å²) in [5.74, 6) is -0.140. The van der Waals surface area contributed by atoms with Gasteiger partial charge < -0.3 is 14.6 Å². The number of hydrogen-bond donors (Lipinski definition) is 1. The van der Waals surface area contributed by atoms with Gasteiger partial charge in [0.15, 0.2) is 5.76 Å². The van der Waals surface area contributed by atoms with Crippen LogP contribution >= 0.6 is 0 Å². The molecule has 1 N–H and O–H groups in total. The number of benzene rings is 2. The lowest BCUT2D eigenvalue weighted by molar-refractivity contribution is -0.118. The van der Waals surface area contributed by atoms with Crippen LogP contribution in [0.5, 0.6) is 0 Å². The predicted molar refractivity (Wildman–Crippen MR) is 99.7 cm³/mol. The van der Waals surface area contributed by atoms with Gasteiger partial charge in [-0.2, -0.15) is 0 Å². The van der Waals surface area contributed by atoms with Crippen LogP contribution in [0.2, 0.25) is 0 Å². The number of nitrogens with zero attached hydrogens (tertiary/aromatic N) is 1. The number of amides is 2. The van der Waals surface area contributed by atoms with Crippen LogP contribution in [-0.4, -0.2) is 18.4 Å². The highest BCUT2D eigenvalue weighted by molar-refractivity contribution is 5.94. The van der Waals surface area contributed by atoms with E-state index in [1.807, 2.05) is 60.7 Å². The third-order valence-corrected chi connectivity index (χ3v) is 3.92. The van der Waals surface area contributed by atoms with E-state index in [0.717, 1.165) is 11.3 Å². The van der Waals surface area contributed by atoms with Crippen molar-refractivity contribution in [2.24, 2.45) is 0 Å². The Kier molecular flexibility index (Phi) is 5.83. The number of carbonyl (C=O) groups excluding carboxylic acids is 2. The fourth-order valence-electron chi connectivity index (χ4n) is 2.61. The summed E-state index contributed by atoms with van der Waals surface area (Å²) in [4.78, 5) is 26.4. The minimum absolute atomic E-state index is 0.0557. The van der Waals surface area contributed by atoms with Gasteiger partial charge in [-0.25, -0.2) is 0 Å².